The number of fused-ring (bicyclic) bond motifs is 1. The molecule has 7 nitrogen and oxygen atoms in total. The molecular weight excluding hydrogens is 258 g/mol. The van der Waals surface area contributed by atoms with Crippen LogP contribution in [0.3, 0.4) is 0 Å². The van der Waals surface area contributed by atoms with E-state index in [2.05, 4.69) is 34.0 Å². The molecule has 1 fully saturated rings. The van der Waals surface area contributed by atoms with Gasteiger partial charge < -0.3 is 25.4 Å². The molecule has 3 N–H and O–H groups in total. The number of hydrogen-bond acceptors (Lipinski definition) is 7. The standard InChI is InChI=1S/C13H21N5O2/c1-4-19-11-9-10(16-13(14)17-11)18(6-15-9)12-7(2)5-8(3)20-12/h7-8,12,15H,4-6H2,1-3H3,(H2,14,16,17)/t7-,8?,12?/m0/s1. The Labute approximate surface area is 118 Å². The molecule has 3 atom stereocenters. The van der Waals surface area contributed by atoms with Crippen LogP contribution in [-0.2, 0) is 4.74 Å². The van der Waals surface area contributed by atoms with Crippen LogP contribution in [-0.4, -0.2) is 35.6 Å². The predicted octanol–water partition coefficient (Wildman–Crippen LogP) is 1.42. The van der Waals surface area contributed by atoms with Crippen molar-refractivity contribution < 1.29 is 9.47 Å². The molecule has 0 spiro atoms. The van der Waals surface area contributed by atoms with E-state index in [1.165, 1.54) is 0 Å². The Hall–Kier alpha value is -1.76. The Kier molecular flexibility index (Phi) is 3.29. The Balaban J connectivity index is 1.93. The molecule has 1 saturated heterocycles. The van der Waals surface area contributed by atoms with Gasteiger partial charge in [-0.25, -0.2) is 0 Å². The first kappa shape index (κ1) is 13.2. The van der Waals surface area contributed by atoms with E-state index in [0.29, 0.717) is 25.1 Å². The number of aromatic nitrogens is 2. The van der Waals surface area contributed by atoms with Gasteiger partial charge in [-0.1, -0.05) is 6.92 Å². The lowest BCUT2D eigenvalue weighted by Gasteiger charge is -2.27. The SMILES string of the molecule is CCOc1nc(N)nc2c1NCN2C1OC(C)C[C@@H]1C. The van der Waals surface area contributed by atoms with Crippen LogP contribution >= 0.6 is 0 Å². The summed E-state index contributed by atoms with van der Waals surface area (Å²) in [4.78, 5) is 10.6. The number of rotatable bonds is 3. The van der Waals surface area contributed by atoms with Gasteiger partial charge in [0.05, 0.1) is 19.4 Å². The second-order valence-electron chi connectivity index (χ2n) is 5.37. The monoisotopic (exact) mass is 279 g/mol. The third-order valence-corrected chi connectivity index (χ3v) is 3.72. The molecule has 1 aromatic heterocycles. The summed E-state index contributed by atoms with van der Waals surface area (Å²) in [5.41, 5.74) is 6.59. The van der Waals surface area contributed by atoms with Crippen molar-refractivity contribution in [2.45, 2.75) is 39.5 Å². The van der Waals surface area contributed by atoms with Crippen LogP contribution in [0.1, 0.15) is 27.2 Å². The second-order valence-corrected chi connectivity index (χ2v) is 5.37. The van der Waals surface area contributed by atoms with Crippen molar-refractivity contribution in [3.63, 3.8) is 0 Å². The van der Waals surface area contributed by atoms with E-state index in [1.54, 1.807) is 0 Å². The smallest absolute Gasteiger partial charge is 0.244 e. The summed E-state index contributed by atoms with van der Waals surface area (Å²) < 4.78 is 11.5. The Morgan fingerprint density at radius 2 is 2.25 bits per heavy atom. The molecule has 3 rings (SSSR count). The van der Waals surface area contributed by atoms with Gasteiger partial charge in [0, 0.05) is 5.92 Å². The summed E-state index contributed by atoms with van der Waals surface area (Å²) in [6, 6.07) is 0. The molecule has 0 radical (unpaired) electrons. The van der Waals surface area contributed by atoms with Crippen LogP contribution in [0, 0.1) is 5.92 Å². The zero-order valence-corrected chi connectivity index (χ0v) is 12.1. The van der Waals surface area contributed by atoms with Crippen molar-refractivity contribution >= 4 is 17.5 Å². The molecule has 3 heterocycles. The third-order valence-electron chi connectivity index (χ3n) is 3.72. The van der Waals surface area contributed by atoms with E-state index < -0.39 is 0 Å². The summed E-state index contributed by atoms with van der Waals surface area (Å²) >= 11 is 0. The molecule has 2 unspecified atom stereocenters. The second kappa shape index (κ2) is 4.97. The van der Waals surface area contributed by atoms with Crippen LogP contribution in [0.4, 0.5) is 17.5 Å². The highest BCUT2D eigenvalue weighted by Gasteiger charge is 2.39. The number of nitrogens with zero attached hydrogens (tertiary/aromatic N) is 3. The fourth-order valence-electron chi connectivity index (χ4n) is 2.95. The average molecular weight is 279 g/mol. The highest BCUT2D eigenvalue weighted by atomic mass is 16.5. The summed E-state index contributed by atoms with van der Waals surface area (Å²) in [5, 5.41) is 3.28. The maximum absolute atomic E-state index is 6.00. The fraction of sp³-hybridized carbons (Fsp3) is 0.692. The van der Waals surface area contributed by atoms with Crippen LogP contribution in [0.25, 0.3) is 0 Å². The number of ether oxygens (including phenoxy) is 2. The van der Waals surface area contributed by atoms with E-state index in [9.17, 15) is 0 Å². The van der Waals surface area contributed by atoms with E-state index in [4.69, 9.17) is 15.2 Å². The summed E-state index contributed by atoms with van der Waals surface area (Å²) in [6.07, 6.45) is 1.34. The first-order valence-corrected chi connectivity index (χ1v) is 7.06. The minimum Gasteiger partial charge on any atom is -0.476 e. The molecule has 0 saturated carbocycles. The molecule has 0 bridgehead atoms. The van der Waals surface area contributed by atoms with Gasteiger partial charge in [-0.15, -0.1) is 0 Å². The van der Waals surface area contributed by atoms with E-state index in [0.717, 1.165) is 17.9 Å². The molecule has 2 aliphatic rings. The van der Waals surface area contributed by atoms with Gasteiger partial charge in [0.2, 0.25) is 11.8 Å². The quantitative estimate of drug-likeness (QED) is 0.865. The Morgan fingerprint density at radius 1 is 1.45 bits per heavy atom. The molecule has 0 amide bonds. The first-order chi connectivity index (χ1) is 9.60. The molecule has 7 heteroatoms. The van der Waals surface area contributed by atoms with Crippen molar-refractivity contribution in [2.75, 3.05) is 29.2 Å². The van der Waals surface area contributed by atoms with Crippen LogP contribution < -0.4 is 20.7 Å². The van der Waals surface area contributed by atoms with Gasteiger partial charge in [0.25, 0.3) is 0 Å². The van der Waals surface area contributed by atoms with E-state index in [-0.39, 0.29) is 18.3 Å². The zero-order chi connectivity index (χ0) is 14.3. The van der Waals surface area contributed by atoms with Gasteiger partial charge in [0.1, 0.15) is 11.9 Å². The zero-order valence-electron chi connectivity index (χ0n) is 12.1. The number of nitrogens with one attached hydrogen (secondary N) is 1. The maximum atomic E-state index is 6.00. The van der Waals surface area contributed by atoms with Crippen molar-refractivity contribution in [3.8, 4) is 5.88 Å². The molecular formula is C13H21N5O2. The number of anilines is 3. The van der Waals surface area contributed by atoms with Gasteiger partial charge in [-0.2, -0.15) is 9.97 Å². The number of hydrogen-bond donors (Lipinski definition) is 2. The largest absolute Gasteiger partial charge is 0.476 e. The lowest BCUT2D eigenvalue weighted by atomic mass is 10.1. The van der Waals surface area contributed by atoms with Crippen LogP contribution in [0.2, 0.25) is 0 Å². The normalized spacial score (nSPS) is 28.4. The van der Waals surface area contributed by atoms with Crippen molar-refractivity contribution in [1.29, 1.82) is 0 Å². The average Bonchev–Trinajstić information content (AvgIpc) is 2.92. The van der Waals surface area contributed by atoms with E-state index >= 15 is 0 Å². The van der Waals surface area contributed by atoms with Gasteiger partial charge in [0.15, 0.2) is 5.82 Å². The lowest BCUT2D eigenvalue weighted by Crippen LogP contribution is -2.38. The molecule has 0 aliphatic carbocycles. The molecule has 2 aliphatic heterocycles. The van der Waals surface area contributed by atoms with Crippen molar-refractivity contribution in [3.05, 3.63) is 0 Å². The fourth-order valence-corrected chi connectivity index (χ4v) is 2.95. The summed E-state index contributed by atoms with van der Waals surface area (Å²) in [7, 11) is 0. The summed E-state index contributed by atoms with van der Waals surface area (Å²) in [6.45, 7) is 7.38. The predicted molar refractivity (Wildman–Crippen MR) is 76.7 cm³/mol. The third kappa shape index (κ3) is 2.11. The van der Waals surface area contributed by atoms with Gasteiger partial charge in [-0.3, -0.25) is 0 Å². The Bertz CT molecular complexity index is 510. The lowest BCUT2D eigenvalue weighted by molar-refractivity contribution is 0.0449. The van der Waals surface area contributed by atoms with Crippen LogP contribution in [0.5, 0.6) is 5.88 Å². The Morgan fingerprint density at radius 3 is 2.90 bits per heavy atom. The molecule has 110 valence electrons. The maximum Gasteiger partial charge on any atom is 0.244 e. The first-order valence-electron chi connectivity index (χ1n) is 7.06. The molecule has 1 aromatic rings. The van der Waals surface area contributed by atoms with Crippen molar-refractivity contribution in [1.82, 2.24) is 9.97 Å². The topological polar surface area (TPSA) is 85.5 Å². The van der Waals surface area contributed by atoms with Gasteiger partial charge >= 0.3 is 0 Å². The highest BCUT2D eigenvalue weighted by Crippen LogP contribution is 2.41. The van der Waals surface area contributed by atoms with Crippen molar-refractivity contribution in [2.24, 2.45) is 5.92 Å². The minimum atomic E-state index is 0.0162. The summed E-state index contributed by atoms with van der Waals surface area (Å²) in [5.74, 6) is 1.95. The number of nitrogen functional groups attached to an aromatic ring is 1. The van der Waals surface area contributed by atoms with Crippen LogP contribution in [0.15, 0.2) is 0 Å². The van der Waals surface area contributed by atoms with Gasteiger partial charge in [-0.05, 0) is 20.3 Å². The van der Waals surface area contributed by atoms with E-state index in [1.807, 2.05) is 6.92 Å². The molecule has 20 heavy (non-hydrogen) atoms. The molecule has 0 aromatic carbocycles. The highest BCUT2D eigenvalue weighted by molar-refractivity contribution is 5.77. The number of nitrogens with two attached hydrogens (primary N) is 1. The minimum absolute atomic E-state index is 0.0162.